The van der Waals surface area contributed by atoms with Crippen molar-refractivity contribution in [1.82, 2.24) is 9.78 Å². The predicted octanol–water partition coefficient (Wildman–Crippen LogP) is 4.29. The van der Waals surface area contributed by atoms with Gasteiger partial charge in [0.25, 0.3) is 6.43 Å². The van der Waals surface area contributed by atoms with Crippen LogP contribution in [0.3, 0.4) is 0 Å². The van der Waals surface area contributed by atoms with E-state index in [1.807, 2.05) is 0 Å². The number of ether oxygens (including phenoxy) is 1. The van der Waals surface area contributed by atoms with Crippen LogP contribution in [0.15, 0.2) is 23.0 Å². The molecule has 0 bridgehead atoms. The van der Waals surface area contributed by atoms with Crippen molar-refractivity contribution >= 4 is 34.6 Å². The highest BCUT2D eigenvalue weighted by Crippen LogP contribution is 2.43. The molecule has 2 heterocycles. The summed E-state index contributed by atoms with van der Waals surface area (Å²) in [6.07, 6.45) is 1.08. The van der Waals surface area contributed by atoms with Crippen molar-refractivity contribution in [2.24, 2.45) is 10.9 Å². The molecule has 2 aliphatic rings. The summed E-state index contributed by atoms with van der Waals surface area (Å²) >= 11 is 5.96. The summed E-state index contributed by atoms with van der Waals surface area (Å²) in [5.74, 6) is -1.05. The number of amides is 1. The van der Waals surface area contributed by atoms with Crippen LogP contribution in [0.5, 0.6) is 0 Å². The van der Waals surface area contributed by atoms with Gasteiger partial charge in [-0.25, -0.2) is 18.6 Å². The van der Waals surface area contributed by atoms with Crippen molar-refractivity contribution in [2.45, 2.75) is 58.0 Å². The van der Waals surface area contributed by atoms with Gasteiger partial charge in [-0.1, -0.05) is 17.7 Å². The molecule has 10 heteroatoms. The summed E-state index contributed by atoms with van der Waals surface area (Å²) in [5, 5.41) is 6.52. The lowest BCUT2D eigenvalue weighted by atomic mass is 10.0. The van der Waals surface area contributed by atoms with Gasteiger partial charge < -0.3 is 10.1 Å². The quantitative estimate of drug-likeness (QED) is 0.796. The molecule has 28 heavy (non-hydrogen) atoms. The molecule has 1 atom stereocenters. The van der Waals surface area contributed by atoms with Crippen molar-refractivity contribution in [3.8, 4) is 0 Å². The molecule has 1 saturated carbocycles. The maximum atomic E-state index is 12.8. The molecular formula is C18H21ClF2N4O3. The average molecular weight is 415 g/mol. The van der Waals surface area contributed by atoms with E-state index in [0.717, 1.165) is 23.1 Å². The van der Waals surface area contributed by atoms with E-state index in [9.17, 15) is 18.4 Å². The molecule has 1 aromatic heterocycles. The monoisotopic (exact) mass is 414 g/mol. The van der Waals surface area contributed by atoms with Crippen molar-refractivity contribution in [3.63, 3.8) is 0 Å². The third kappa shape index (κ3) is 4.57. The zero-order valence-electron chi connectivity index (χ0n) is 15.7. The lowest BCUT2D eigenvalue weighted by Crippen LogP contribution is -2.32. The van der Waals surface area contributed by atoms with E-state index >= 15 is 0 Å². The molecule has 3 rings (SSSR count). The van der Waals surface area contributed by atoms with Gasteiger partial charge in [-0.3, -0.25) is 4.79 Å². The van der Waals surface area contributed by atoms with Gasteiger partial charge in [0.15, 0.2) is 0 Å². The van der Waals surface area contributed by atoms with E-state index in [1.165, 1.54) is 12.3 Å². The average Bonchev–Trinajstić information content (AvgIpc) is 3.33. The first-order valence-electron chi connectivity index (χ1n) is 8.91. The number of hydrogen-bond donors (Lipinski definition) is 1. The summed E-state index contributed by atoms with van der Waals surface area (Å²) in [6, 6.07) is 0. The second-order valence-electron chi connectivity index (χ2n) is 7.76. The summed E-state index contributed by atoms with van der Waals surface area (Å²) in [5.41, 5.74) is -0.460. The van der Waals surface area contributed by atoms with Crippen LogP contribution >= 0.6 is 11.6 Å². The predicted molar refractivity (Wildman–Crippen MR) is 99.9 cm³/mol. The lowest BCUT2D eigenvalue weighted by Gasteiger charge is -2.21. The number of rotatable bonds is 4. The smallest absolute Gasteiger partial charge is 0.437 e. The van der Waals surface area contributed by atoms with E-state index in [-0.39, 0.29) is 23.3 Å². The molecule has 0 spiro atoms. The second kappa shape index (κ2) is 7.62. The van der Waals surface area contributed by atoms with Crippen molar-refractivity contribution in [2.75, 3.05) is 5.32 Å². The van der Waals surface area contributed by atoms with Crippen LogP contribution in [0.2, 0.25) is 0 Å². The minimum atomic E-state index is -2.76. The fourth-order valence-corrected chi connectivity index (χ4v) is 3.05. The first-order valence-corrected chi connectivity index (χ1v) is 9.29. The van der Waals surface area contributed by atoms with Crippen LogP contribution in [0.4, 0.5) is 19.4 Å². The summed E-state index contributed by atoms with van der Waals surface area (Å²) in [4.78, 5) is 28.8. The maximum absolute atomic E-state index is 12.8. The fraction of sp³-hybridized carbons (Fsp3) is 0.556. The Bertz CT molecular complexity index is 854. The van der Waals surface area contributed by atoms with Crippen molar-refractivity contribution in [3.05, 3.63) is 23.5 Å². The number of nitrogens with one attached hydrogen (secondary N) is 1. The number of alkyl halides is 2. The minimum Gasteiger partial charge on any atom is -0.442 e. The normalized spacial score (nSPS) is 19.9. The van der Waals surface area contributed by atoms with Gasteiger partial charge in [-0.2, -0.15) is 5.10 Å². The Morgan fingerprint density at radius 1 is 1.36 bits per heavy atom. The molecule has 152 valence electrons. The van der Waals surface area contributed by atoms with Crippen LogP contribution in [0.1, 0.15) is 51.5 Å². The molecule has 1 N–H and O–H groups in total. The van der Waals surface area contributed by atoms with E-state index in [1.54, 1.807) is 20.8 Å². The zero-order valence-corrected chi connectivity index (χ0v) is 16.5. The Kier molecular flexibility index (Phi) is 5.56. The molecule has 1 aliphatic heterocycles. The Morgan fingerprint density at radius 3 is 2.57 bits per heavy atom. The first-order chi connectivity index (χ1) is 13.1. The Morgan fingerprint density at radius 2 is 2.04 bits per heavy atom. The van der Waals surface area contributed by atoms with Gasteiger partial charge in [0.05, 0.1) is 12.1 Å². The molecule has 0 saturated heterocycles. The number of aromatic nitrogens is 2. The SMILES string of the molecule is CC(C)(C)OC(=O)n1ncc(C2CC2)c1NC(=O)C1CC=C(C(F)F)N=C1Cl. The van der Waals surface area contributed by atoms with Crippen LogP contribution in [0, 0.1) is 5.92 Å². The van der Waals surface area contributed by atoms with Gasteiger partial charge in [0, 0.05) is 5.56 Å². The molecule has 1 aliphatic carbocycles. The van der Waals surface area contributed by atoms with Crippen molar-refractivity contribution < 1.29 is 23.1 Å². The van der Waals surface area contributed by atoms with E-state index in [2.05, 4.69) is 15.4 Å². The van der Waals surface area contributed by atoms with Crippen LogP contribution in [-0.4, -0.2) is 39.0 Å². The molecule has 1 unspecified atom stereocenters. The van der Waals surface area contributed by atoms with Crippen LogP contribution < -0.4 is 5.32 Å². The molecule has 1 fully saturated rings. The molecule has 0 radical (unpaired) electrons. The van der Waals surface area contributed by atoms with Crippen LogP contribution in [-0.2, 0) is 9.53 Å². The number of nitrogens with zero attached hydrogens (tertiary/aromatic N) is 3. The van der Waals surface area contributed by atoms with E-state index in [0.29, 0.717) is 0 Å². The number of anilines is 1. The van der Waals surface area contributed by atoms with E-state index in [4.69, 9.17) is 16.3 Å². The number of halogens is 3. The third-order valence-corrected chi connectivity index (χ3v) is 4.60. The van der Waals surface area contributed by atoms with E-state index < -0.39 is 35.6 Å². The Hall–Kier alpha value is -2.29. The summed E-state index contributed by atoms with van der Waals surface area (Å²) in [6.45, 7) is 5.17. The lowest BCUT2D eigenvalue weighted by molar-refractivity contribution is -0.118. The van der Waals surface area contributed by atoms with Gasteiger partial charge in [0.2, 0.25) is 5.91 Å². The second-order valence-corrected chi connectivity index (χ2v) is 8.14. The molecule has 0 aromatic carbocycles. The Labute approximate surface area is 165 Å². The fourth-order valence-electron chi connectivity index (χ4n) is 2.76. The van der Waals surface area contributed by atoms with Crippen LogP contribution in [0.25, 0.3) is 0 Å². The van der Waals surface area contributed by atoms with Gasteiger partial charge >= 0.3 is 6.09 Å². The molecule has 7 nitrogen and oxygen atoms in total. The Balaban J connectivity index is 1.82. The number of aliphatic imine (C=N–C) groups is 1. The highest BCUT2D eigenvalue weighted by molar-refractivity contribution is 6.67. The van der Waals surface area contributed by atoms with Gasteiger partial charge in [0.1, 0.15) is 22.3 Å². The molecule has 1 amide bonds. The number of allylic oxidation sites excluding steroid dienone is 2. The maximum Gasteiger partial charge on any atom is 0.437 e. The number of carbonyl (C=O) groups is 2. The van der Waals surface area contributed by atoms with Crippen molar-refractivity contribution in [1.29, 1.82) is 0 Å². The number of hydrogen-bond acceptors (Lipinski definition) is 5. The standard InChI is InChI=1S/C18H21ClF2N4O3/c1-18(2,3)28-17(27)25-15(11(8-22-25)9-4-5-9)24-16(26)10-6-7-12(14(20)21)23-13(10)19/h7-10,14H,4-6H2,1-3H3,(H,24,26). The molecule has 1 aromatic rings. The highest BCUT2D eigenvalue weighted by Gasteiger charge is 2.34. The zero-order chi connectivity index (χ0) is 20.6. The summed E-state index contributed by atoms with van der Waals surface area (Å²) in [7, 11) is 0. The minimum absolute atomic E-state index is 0.00677. The first kappa shape index (κ1) is 20.4. The van der Waals surface area contributed by atoms with Gasteiger partial charge in [-0.15, -0.1) is 4.68 Å². The van der Waals surface area contributed by atoms with Gasteiger partial charge in [-0.05, 0) is 46.0 Å². The third-order valence-electron chi connectivity index (χ3n) is 4.25. The summed E-state index contributed by atoms with van der Waals surface area (Å²) < 4.78 is 31.8. The number of carbonyl (C=O) groups excluding carboxylic acids is 2. The molecular weight excluding hydrogens is 394 g/mol. The topological polar surface area (TPSA) is 85.6 Å². The largest absolute Gasteiger partial charge is 0.442 e. The highest BCUT2D eigenvalue weighted by atomic mass is 35.5.